The van der Waals surface area contributed by atoms with Crippen LogP contribution in [0.4, 0.5) is 5.82 Å². The van der Waals surface area contributed by atoms with E-state index in [1.807, 2.05) is 31.3 Å². The number of nitrogens with one attached hydrogen (secondary N) is 1. The minimum Gasteiger partial charge on any atom is -0.379 e. The molecule has 2 aromatic heterocycles. The van der Waals surface area contributed by atoms with Crippen LogP contribution in [0.25, 0.3) is 10.9 Å². The summed E-state index contributed by atoms with van der Waals surface area (Å²) in [5, 5.41) is 5.42. The molecule has 1 aromatic carbocycles. The average Bonchev–Trinajstić information content (AvgIpc) is 3.05. The number of hydrogen-bond acceptors (Lipinski definition) is 4. The molecule has 4 rings (SSSR count). The maximum Gasteiger partial charge on any atom is 0.126 e. The van der Waals surface area contributed by atoms with Crippen LogP contribution in [0, 0.1) is 12.8 Å². The van der Waals surface area contributed by atoms with E-state index in [0.29, 0.717) is 17.5 Å². The number of ether oxygens (including phenoxy) is 1. The highest BCUT2D eigenvalue weighted by molar-refractivity contribution is 6.31. The van der Waals surface area contributed by atoms with Gasteiger partial charge in [0.25, 0.3) is 0 Å². The lowest BCUT2D eigenvalue weighted by atomic mass is 9.93. The lowest BCUT2D eigenvalue weighted by Gasteiger charge is -2.20. The summed E-state index contributed by atoms with van der Waals surface area (Å²) in [7, 11) is 0. The van der Waals surface area contributed by atoms with Crippen molar-refractivity contribution in [3.63, 3.8) is 0 Å². The Morgan fingerprint density at radius 2 is 2.04 bits per heavy atom. The number of fused-ring (bicyclic) bond motifs is 1. The Balaban J connectivity index is 1.54. The van der Waals surface area contributed by atoms with Crippen LogP contribution >= 0.6 is 11.6 Å². The molecule has 0 aliphatic carbocycles. The summed E-state index contributed by atoms with van der Waals surface area (Å²) in [5.41, 5.74) is 3.19. The van der Waals surface area contributed by atoms with Crippen LogP contribution in [0.2, 0.25) is 5.02 Å². The van der Waals surface area contributed by atoms with E-state index < -0.39 is 0 Å². The first-order valence-electron chi connectivity index (χ1n) is 8.51. The SMILES string of the molecule is Cc1nc(N[C@@H]2COC[C@H]2Cc2ccnc3ccccc23)ccc1Cl. The molecule has 4 nitrogen and oxygen atoms in total. The topological polar surface area (TPSA) is 47.0 Å². The van der Waals surface area contributed by atoms with Gasteiger partial charge in [-0.3, -0.25) is 4.98 Å². The van der Waals surface area contributed by atoms with Crippen molar-refractivity contribution >= 4 is 28.3 Å². The smallest absolute Gasteiger partial charge is 0.126 e. The number of para-hydroxylation sites is 1. The van der Waals surface area contributed by atoms with Gasteiger partial charge in [-0.25, -0.2) is 4.98 Å². The van der Waals surface area contributed by atoms with Crippen LogP contribution in [0.1, 0.15) is 11.3 Å². The first-order valence-corrected chi connectivity index (χ1v) is 8.88. The zero-order valence-electron chi connectivity index (χ0n) is 14.1. The van der Waals surface area contributed by atoms with Crippen LogP contribution in [0.5, 0.6) is 0 Å². The molecule has 1 fully saturated rings. The van der Waals surface area contributed by atoms with Gasteiger partial charge in [0, 0.05) is 17.5 Å². The van der Waals surface area contributed by atoms with Crippen molar-refractivity contribution in [1.29, 1.82) is 0 Å². The molecule has 1 aliphatic rings. The van der Waals surface area contributed by atoms with Gasteiger partial charge in [0.1, 0.15) is 5.82 Å². The molecular formula is C20H20ClN3O. The zero-order valence-corrected chi connectivity index (χ0v) is 14.8. The van der Waals surface area contributed by atoms with Crippen molar-refractivity contribution < 1.29 is 4.74 Å². The Labute approximate surface area is 152 Å². The molecule has 0 spiro atoms. The number of halogens is 1. The number of rotatable bonds is 4. The quantitative estimate of drug-likeness (QED) is 0.761. The molecule has 5 heteroatoms. The van der Waals surface area contributed by atoms with Crippen LogP contribution < -0.4 is 5.32 Å². The number of pyridine rings is 2. The molecule has 3 heterocycles. The van der Waals surface area contributed by atoms with Crippen LogP contribution in [-0.2, 0) is 11.2 Å². The summed E-state index contributed by atoms with van der Waals surface area (Å²) in [6.07, 6.45) is 2.84. The average molecular weight is 354 g/mol. The Morgan fingerprint density at radius 3 is 2.92 bits per heavy atom. The minimum atomic E-state index is 0.236. The van der Waals surface area contributed by atoms with Crippen LogP contribution in [0.15, 0.2) is 48.7 Å². The molecule has 0 amide bonds. The zero-order chi connectivity index (χ0) is 17.2. The van der Waals surface area contributed by atoms with Crippen molar-refractivity contribution in [3.8, 4) is 0 Å². The first-order chi connectivity index (χ1) is 12.2. The van der Waals surface area contributed by atoms with Crippen molar-refractivity contribution in [2.24, 2.45) is 5.92 Å². The van der Waals surface area contributed by atoms with E-state index in [-0.39, 0.29) is 6.04 Å². The molecule has 25 heavy (non-hydrogen) atoms. The predicted molar refractivity (Wildman–Crippen MR) is 101 cm³/mol. The second-order valence-electron chi connectivity index (χ2n) is 6.50. The van der Waals surface area contributed by atoms with Gasteiger partial charge >= 0.3 is 0 Å². The molecule has 0 saturated carbocycles. The number of aromatic nitrogens is 2. The standard InChI is InChI=1S/C20H20ClN3O/c1-13-17(21)6-7-20(23-13)24-19-12-25-11-15(19)10-14-8-9-22-18-5-3-2-4-16(14)18/h2-9,15,19H,10-12H2,1H3,(H,23,24)/t15-,19-/m1/s1. The summed E-state index contributed by atoms with van der Waals surface area (Å²) in [6, 6.07) is 14.4. The Hall–Kier alpha value is -2.17. The second-order valence-corrected chi connectivity index (χ2v) is 6.91. The van der Waals surface area contributed by atoms with Gasteiger partial charge in [-0.1, -0.05) is 29.8 Å². The lowest BCUT2D eigenvalue weighted by Crippen LogP contribution is -2.29. The monoisotopic (exact) mass is 353 g/mol. The fourth-order valence-corrected chi connectivity index (χ4v) is 3.49. The molecule has 1 saturated heterocycles. The molecule has 1 N–H and O–H groups in total. The second kappa shape index (κ2) is 6.98. The van der Waals surface area contributed by atoms with E-state index in [1.165, 1.54) is 10.9 Å². The highest BCUT2D eigenvalue weighted by Crippen LogP contribution is 2.26. The van der Waals surface area contributed by atoms with E-state index in [0.717, 1.165) is 30.1 Å². The summed E-state index contributed by atoms with van der Waals surface area (Å²) >= 11 is 6.07. The fraction of sp³-hybridized carbons (Fsp3) is 0.300. The Kier molecular flexibility index (Phi) is 4.55. The summed E-state index contributed by atoms with van der Waals surface area (Å²) < 4.78 is 5.75. The molecule has 0 unspecified atom stereocenters. The van der Waals surface area contributed by atoms with Gasteiger partial charge in [-0.15, -0.1) is 0 Å². The molecular weight excluding hydrogens is 334 g/mol. The number of benzene rings is 1. The van der Waals surface area contributed by atoms with Gasteiger partial charge in [-0.05, 0) is 43.2 Å². The number of hydrogen-bond donors (Lipinski definition) is 1. The fourth-order valence-electron chi connectivity index (χ4n) is 3.39. The number of aryl methyl sites for hydroxylation is 1. The van der Waals surface area contributed by atoms with Gasteiger partial charge in [0.2, 0.25) is 0 Å². The Morgan fingerprint density at radius 1 is 1.16 bits per heavy atom. The van der Waals surface area contributed by atoms with Crippen molar-refractivity contribution in [2.45, 2.75) is 19.4 Å². The van der Waals surface area contributed by atoms with Crippen LogP contribution in [-0.4, -0.2) is 29.2 Å². The maximum atomic E-state index is 6.07. The normalized spacial score (nSPS) is 20.1. The van der Waals surface area contributed by atoms with Crippen molar-refractivity contribution in [3.05, 3.63) is 64.9 Å². The molecule has 128 valence electrons. The van der Waals surface area contributed by atoms with E-state index in [9.17, 15) is 0 Å². The summed E-state index contributed by atoms with van der Waals surface area (Å²) in [4.78, 5) is 8.97. The van der Waals surface area contributed by atoms with Crippen molar-refractivity contribution in [1.82, 2.24) is 9.97 Å². The van der Waals surface area contributed by atoms with E-state index in [2.05, 4.69) is 39.6 Å². The van der Waals surface area contributed by atoms with E-state index >= 15 is 0 Å². The molecule has 0 bridgehead atoms. The largest absolute Gasteiger partial charge is 0.379 e. The number of anilines is 1. The minimum absolute atomic E-state index is 0.236. The summed E-state index contributed by atoms with van der Waals surface area (Å²) in [5.74, 6) is 1.24. The third-order valence-corrected chi connectivity index (χ3v) is 5.17. The van der Waals surface area contributed by atoms with Gasteiger partial charge in [-0.2, -0.15) is 0 Å². The lowest BCUT2D eigenvalue weighted by molar-refractivity contribution is 0.185. The van der Waals surface area contributed by atoms with Gasteiger partial charge in [0.05, 0.1) is 35.5 Å². The number of nitrogens with zero attached hydrogens (tertiary/aromatic N) is 2. The van der Waals surface area contributed by atoms with Crippen molar-refractivity contribution in [2.75, 3.05) is 18.5 Å². The van der Waals surface area contributed by atoms with Gasteiger partial charge < -0.3 is 10.1 Å². The molecule has 0 radical (unpaired) electrons. The highest BCUT2D eigenvalue weighted by atomic mass is 35.5. The first kappa shape index (κ1) is 16.3. The Bertz CT molecular complexity index is 894. The maximum absolute atomic E-state index is 6.07. The van der Waals surface area contributed by atoms with E-state index in [1.54, 1.807) is 0 Å². The van der Waals surface area contributed by atoms with Crippen LogP contribution in [0.3, 0.4) is 0 Å². The van der Waals surface area contributed by atoms with Gasteiger partial charge in [0.15, 0.2) is 0 Å². The third-order valence-electron chi connectivity index (χ3n) is 4.77. The third kappa shape index (κ3) is 3.46. The molecule has 1 aliphatic heterocycles. The highest BCUT2D eigenvalue weighted by Gasteiger charge is 2.29. The predicted octanol–water partition coefficient (Wildman–Crippen LogP) is 4.26. The molecule has 2 atom stereocenters. The molecule has 3 aromatic rings. The summed E-state index contributed by atoms with van der Waals surface area (Å²) in [6.45, 7) is 3.36. The van der Waals surface area contributed by atoms with E-state index in [4.69, 9.17) is 16.3 Å².